The van der Waals surface area contributed by atoms with Crippen molar-refractivity contribution in [3.8, 4) is 0 Å². The number of carbonyl (C=O) groups excluding carboxylic acids is 2. The molecule has 0 spiro atoms. The Morgan fingerprint density at radius 3 is 2.52 bits per heavy atom. The van der Waals surface area contributed by atoms with Crippen LogP contribution in [0.2, 0.25) is 0 Å². The van der Waals surface area contributed by atoms with E-state index in [1.165, 1.54) is 12.1 Å². The maximum Gasteiger partial charge on any atom is 0.269 e. The molecule has 1 N–H and O–H groups in total. The summed E-state index contributed by atoms with van der Waals surface area (Å²) in [4.78, 5) is 29.0. The van der Waals surface area contributed by atoms with Crippen LogP contribution in [-0.2, 0) is 19.6 Å². The highest BCUT2D eigenvalue weighted by atomic mass is 32.2. The van der Waals surface area contributed by atoms with E-state index in [0.29, 0.717) is 43.5 Å². The molecule has 3 aliphatic rings. The third-order valence-corrected chi connectivity index (χ3v) is 7.68. The van der Waals surface area contributed by atoms with Crippen molar-refractivity contribution in [3.05, 3.63) is 29.8 Å². The minimum Gasteiger partial charge on any atom is -0.391 e. The molecule has 10 heteroatoms. The average Bonchev–Trinajstić information content (AvgIpc) is 2.85. The lowest BCUT2D eigenvalue weighted by Gasteiger charge is -2.36. The van der Waals surface area contributed by atoms with Gasteiger partial charge in [-0.1, -0.05) is 12.1 Å². The van der Waals surface area contributed by atoms with Crippen molar-refractivity contribution < 1.29 is 27.9 Å². The summed E-state index contributed by atoms with van der Waals surface area (Å²) in [6, 6.07) is 5.92. The highest BCUT2D eigenvalue weighted by molar-refractivity contribution is 7.90. The Morgan fingerprint density at radius 2 is 1.79 bits per heavy atom. The molecule has 1 aromatic rings. The first-order valence-electron chi connectivity index (χ1n) is 9.83. The van der Waals surface area contributed by atoms with E-state index in [1.54, 1.807) is 17.0 Å². The number of carbonyl (C=O) groups is 2. The number of morpholine rings is 1. The van der Waals surface area contributed by atoms with Gasteiger partial charge in [0.05, 0.1) is 24.9 Å². The quantitative estimate of drug-likeness (QED) is 0.699. The normalized spacial score (nSPS) is 27.6. The van der Waals surface area contributed by atoms with Crippen LogP contribution in [0.1, 0.15) is 23.2 Å². The summed E-state index contributed by atoms with van der Waals surface area (Å²) in [5.41, 5.74) is 0.0963. The van der Waals surface area contributed by atoms with Crippen LogP contribution >= 0.6 is 0 Å². The molecule has 1 aromatic carbocycles. The molecule has 2 amide bonds. The first-order chi connectivity index (χ1) is 13.9. The largest absolute Gasteiger partial charge is 0.391 e. The SMILES string of the molecule is O=C(CN1C(=O)c2ccccc2S1(=O)=O)N1CC[C@H](O)[C@@H](N2CCOCC2)CC1. The van der Waals surface area contributed by atoms with Crippen molar-refractivity contribution in [1.82, 2.24) is 14.1 Å². The van der Waals surface area contributed by atoms with Gasteiger partial charge in [0.1, 0.15) is 11.4 Å². The lowest BCUT2D eigenvalue weighted by atomic mass is 10.0. The molecule has 9 nitrogen and oxygen atoms in total. The van der Waals surface area contributed by atoms with Gasteiger partial charge >= 0.3 is 0 Å². The van der Waals surface area contributed by atoms with E-state index < -0.39 is 34.5 Å². The Hall–Kier alpha value is -2.01. The van der Waals surface area contributed by atoms with Gasteiger partial charge in [0.2, 0.25) is 5.91 Å². The maximum atomic E-state index is 12.8. The summed E-state index contributed by atoms with van der Waals surface area (Å²) in [5.74, 6) is -1.10. The molecule has 158 valence electrons. The molecule has 2 saturated heterocycles. The second kappa shape index (κ2) is 8.02. The maximum absolute atomic E-state index is 12.8. The van der Waals surface area contributed by atoms with Crippen LogP contribution in [-0.4, -0.2) is 97.5 Å². The number of rotatable bonds is 3. The zero-order valence-corrected chi connectivity index (χ0v) is 16.9. The van der Waals surface area contributed by atoms with Crippen molar-refractivity contribution >= 4 is 21.8 Å². The highest BCUT2D eigenvalue weighted by Gasteiger charge is 2.42. The molecule has 2 atom stereocenters. The number of nitrogens with zero attached hydrogens (tertiary/aromatic N) is 3. The van der Waals surface area contributed by atoms with Crippen LogP contribution in [0.4, 0.5) is 0 Å². The Kier molecular flexibility index (Phi) is 5.60. The van der Waals surface area contributed by atoms with Gasteiger partial charge in [-0.15, -0.1) is 0 Å². The summed E-state index contributed by atoms with van der Waals surface area (Å²) < 4.78 is 31.4. The smallest absolute Gasteiger partial charge is 0.269 e. The van der Waals surface area contributed by atoms with E-state index in [1.807, 2.05) is 0 Å². The second-order valence-electron chi connectivity index (χ2n) is 7.55. The summed E-state index contributed by atoms with van der Waals surface area (Å²) in [6.07, 6.45) is 0.440. The number of fused-ring (bicyclic) bond motifs is 1. The van der Waals surface area contributed by atoms with Crippen molar-refractivity contribution in [2.45, 2.75) is 29.9 Å². The van der Waals surface area contributed by atoms with Gasteiger partial charge in [-0.2, -0.15) is 0 Å². The van der Waals surface area contributed by atoms with Crippen molar-refractivity contribution in [2.75, 3.05) is 45.9 Å². The Balaban J connectivity index is 1.43. The molecule has 0 aromatic heterocycles. The molecule has 2 fully saturated rings. The van der Waals surface area contributed by atoms with E-state index in [4.69, 9.17) is 4.74 Å². The van der Waals surface area contributed by atoms with E-state index in [2.05, 4.69) is 4.90 Å². The summed E-state index contributed by atoms with van der Waals surface area (Å²) >= 11 is 0. The number of likely N-dealkylation sites (tertiary alicyclic amines) is 1. The zero-order chi connectivity index (χ0) is 20.6. The van der Waals surface area contributed by atoms with Gasteiger partial charge in [-0.3, -0.25) is 14.5 Å². The number of aliphatic hydroxyl groups is 1. The first kappa shape index (κ1) is 20.3. The summed E-state index contributed by atoms with van der Waals surface area (Å²) in [7, 11) is -4.01. The van der Waals surface area contributed by atoms with Gasteiger partial charge in [-0.05, 0) is 25.0 Å². The van der Waals surface area contributed by atoms with E-state index in [0.717, 1.165) is 13.1 Å². The minimum atomic E-state index is -4.01. The first-order valence-corrected chi connectivity index (χ1v) is 11.3. The van der Waals surface area contributed by atoms with Gasteiger partial charge in [0.25, 0.3) is 15.9 Å². The van der Waals surface area contributed by atoms with Crippen molar-refractivity contribution in [1.29, 1.82) is 0 Å². The lowest BCUT2D eigenvalue weighted by Crippen LogP contribution is -2.49. The Bertz CT molecular complexity index is 899. The molecule has 4 rings (SSSR count). The monoisotopic (exact) mass is 423 g/mol. The van der Waals surface area contributed by atoms with Crippen LogP contribution in [0, 0.1) is 0 Å². The molecule has 29 heavy (non-hydrogen) atoms. The third-order valence-electron chi connectivity index (χ3n) is 5.89. The molecule has 0 unspecified atom stereocenters. The molecule has 0 bridgehead atoms. The Morgan fingerprint density at radius 1 is 1.10 bits per heavy atom. The van der Waals surface area contributed by atoms with E-state index in [9.17, 15) is 23.1 Å². The summed E-state index contributed by atoms with van der Waals surface area (Å²) in [6.45, 7) is 2.96. The van der Waals surface area contributed by atoms with Crippen molar-refractivity contribution in [3.63, 3.8) is 0 Å². The number of amides is 2. The molecule has 0 saturated carbocycles. The average molecular weight is 423 g/mol. The molecular formula is C19H25N3O6S. The van der Waals surface area contributed by atoms with Crippen LogP contribution in [0.15, 0.2) is 29.2 Å². The number of hydrogen-bond acceptors (Lipinski definition) is 7. The fourth-order valence-electron chi connectivity index (χ4n) is 4.27. The zero-order valence-electron chi connectivity index (χ0n) is 16.1. The van der Waals surface area contributed by atoms with E-state index >= 15 is 0 Å². The van der Waals surface area contributed by atoms with Crippen LogP contribution < -0.4 is 0 Å². The predicted octanol–water partition coefficient (Wildman–Crippen LogP) is -0.485. The summed E-state index contributed by atoms with van der Waals surface area (Å²) in [5, 5.41) is 10.5. The third kappa shape index (κ3) is 3.77. The van der Waals surface area contributed by atoms with E-state index in [-0.39, 0.29) is 16.5 Å². The predicted molar refractivity (Wildman–Crippen MR) is 103 cm³/mol. The van der Waals surface area contributed by atoms with Crippen LogP contribution in [0.5, 0.6) is 0 Å². The molecule has 0 radical (unpaired) electrons. The van der Waals surface area contributed by atoms with Gasteiger partial charge in [0, 0.05) is 32.2 Å². The molecular weight excluding hydrogens is 398 g/mol. The topological polar surface area (TPSA) is 107 Å². The second-order valence-corrected chi connectivity index (χ2v) is 9.38. The fourth-order valence-corrected chi connectivity index (χ4v) is 5.79. The Labute approximate surface area is 169 Å². The van der Waals surface area contributed by atoms with Crippen LogP contribution in [0.3, 0.4) is 0 Å². The number of benzene rings is 1. The molecule has 3 aliphatic heterocycles. The highest BCUT2D eigenvalue weighted by Crippen LogP contribution is 2.30. The number of ether oxygens (including phenoxy) is 1. The number of hydrogen-bond donors (Lipinski definition) is 1. The van der Waals surface area contributed by atoms with Gasteiger partial charge < -0.3 is 14.7 Å². The standard InChI is InChI=1S/C19H25N3O6S/c23-16-6-8-21(7-5-15(16)20-9-11-28-12-10-20)18(24)13-22-19(25)14-3-1-2-4-17(14)29(22,26)27/h1-4,15-16,23H,5-13H2/t15-,16-/m0/s1. The number of sulfonamides is 1. The number of aliphatic hydroxyl groups excluding tert-OH is 1. The minimum absolute atomic E-state index is 0.0573. The molecule has 3 heterocycles. The lowest BCUT2D eigenvalue weighted by molar-refractivity contribution is -0.131. The fraction of sp³-hybridized carbons (Fsp3) is 0.579. The van der Waals surface area contributed by atoms with Crippen molar-refractivity contribution in [2.24, 2.45) is 0 Å². The van der Waals surface area contributed by atoms with Gasteiger partial charge in [0.15, 0.2) is 0 Å². The van der Waals surface area contributed by atoms with Crippen LogP contribution in [0.25, 0.3) is 0 Å². The van der Waals surface area contributed by atoms with Gasteiger partial charge in [-0.25, -0.2) is 12.7 Å². The molecule has 0 aliphatic carbocycles.